The number of carbonyl (C=O) groups excluding carboxylic acids is 1. The Morgan fingerprint density at radius 3 is 2.15 bits per heavy atom. The molecule has 0 fully saturated rings. The number of nitrogens with two attached hydrogens (primary N) is 1. The monoisotopic (exact) mass is 444 g/mol. The molecule has 0 bridgehead atoms. The standard InChI is InChI=1S/C27H32N4O2/c1-5-31-24-16-22(33-4)14-15-23(24)25(28)26(31)19-8-12-21(13-9-19)30-27(32)29-20-10-6-18(7-11-20)17(2)3/h6-17,25-26H,5,28H2,1-4H3,(H2,29,30,32). The lowest BCUT2D eigenvalue weighted by molar-refractivity contribution is 0.262. The molecule has 3 aromatic carbocycles. The Morgan fingerprint density at radius 1 is 1.00 bits per heavy atom. The molecule has 1 heterocycles. The Balaban J connectivity index is 1.45. The Kier molecular flexibility index (Phi) is 6.56. The van der Waals surface area contributed by atoms with E-state index in [0.717, 1.165) is 40.5 Å². The summed E-state index contributed by atoms with van der Waals surface area (Å²) in [7, 11) is 1.67. The molecule has 0 saturated carbocycles. The van der Waals surface area contributed by atoms with Crippen molar-refractivity contribution >= 4 is 23.1 Å². The van der Waals surface area contributed by atoms with E-state index in [1.165, 1.54) is 5.56 Å². The summed E-state index contributed by atoms with van der Waals surface area (Å²) in [6, 6.07) is 21.5. The summed E-state index contributed by atoms with van der Waals surface area (Å²) in [4.78, 5) is 14.7. The van der Waals surface area contributed by atoms with Gasteiger partial charge in [0.15, 0.2) is 0 Å². The molecule has 0 saturated heterocycles. The van der Waals surface area contributed by atoms with Gasteiger partial charge in [-0.1, -0.05) is 44.2 Å². The van der Waals surface area contributed by atoms with Gasteiger partial charge in [0.25, 0.3) is 0 Å². The van der Waals surface area contributed by atoms with Crippen molar-refractivity contribution < 1.29 is 9.53 Å². The highest BCUT2D eigenvalue weighted by Gasteiger charge is 2.36. The van der Waals surface area contributed by atoms with Crippen LogP contribution in [0.3, 0.4) is 0 Å². The van der Waals surface area contributed by atoms with Crippen LogP contribution >= 0.6 is 0 Å². The Bertz CT molecular complexity index is 1110. The summed E-state index contributed by atoms with van der Waals surface area (Å²) in [5.74, 6) is 1.28. The topological polar surface area (TPSA) is 79.6 Å². The minimum absolute atomic E-state index is 0.0273. The molecule has 0 spiro atoms. The molecule has 2 amide bonds. The Labute approximate surface area is 195 Å². The molecule has 33 heavy (non-hydrogen) atoms. The van der Waals surface area contributed by atoms with E-state index in [4.69, 9.17) is 10.5 Å². The van der Waals surface area contributed by atoms with Crippen molar-refractivity contribution in [1.82, 2.24) is 0 Å². The molecular formula is C27H32N4O2. The highest BCUT2D eigenvalue weighted by Crippen LogP contribution is 2.47. The zero-order valence-corrected chi connectivity index (χ0v) is 19.6. The van der Waals surface area contributed by atoms with Gasteiger partial charge in [0.05, 0.1) is 19.2 Å². The van der Waals surface area contributed by atoms with Crippen LogP contribution in [0.15, 0.2) is 66.7 Å². The number of methoxy groups -OCH3 is 1. The van der Waals surface area contributed by atoms with Gasteiger partial charge < -0.3 is 26.0 Å². The minimum atomic E-state index is -0.271. The van der Waals surface area contributed by atoms with Gasteiger partial charge in [-0.2, -0.15) is 0 Å². The number of amides is 2. The number of nitrogens with zero attached hydrogens (tertiary/aromatic N) is 1. The normalized spacial score (nSPS) is 17.1. The van der Waals surface area contributed by atoms with Crippen molar-refractivity contribution in [1.29, 1.82) is 0 Å². The van der Waals surface area contributed by atoms with Gasteiger partial charge in [-0.05, 0) is 59.9 Å². The van der Waals surface area contributed by atoms with Crippen LogP contribution < -0.4 is 26.0 Å². The Hall–Kier alpha value is -3.51. The largest absolute Gasteiger partial charge is 0.497 e. The molecular weight excluding hydrogens is 412 g/mol. The van der Waals surface area contributed by atoms with E-state index in [2.05, 4.69) is 42.4 Å². The van der Waals surface area contributed by atoms with Crippen molar-refractivity contribution in [3.8, 4) is 5.75 Å². The molecule has 0 radical (unpaired) electrons. The molecule has 6 nitrogen and oxygen atoms in total. The van der Waals surface area contributed by atoms with Crippen LogP contribution in [0.5, 0.6) is 5.75 Å². The van der Waals surface area contributed by atoms with Crippen LogP contribution in [-0.4, -0.2) is 19.7 Å². The third kappa shape index (κ3) is 4.66. The average Bonchev–Trinajstić information content (AvgIpc) is 3.10. The number of urea groups is 1. The first-order chi connectivity index (χ1) is 15.9. The van der Waals surface area contributed by atoms with E-state index >= 15 is 0 Å². The van der Waals surface area contributed by atoms with Crippen LogP contribution in [0, 0.1) is 0 Å². The number of hydrogen-bond acceptors (Lipinski definition) is 4. The molecule has 2 atom stereocenters. The van der Waals surface area contributed by atoms with Crippen LogP contribution in [0.2, 0.25) is 0 Å². The molecule has 4 N–H and O–H groups in total. The van der Waals surface area contributed by atoms with E-state index in [9.17, 15) is 4.79 Å². The second-order valence-corrected chi connectivity index (χ2v) is 8.66. The van der Waals surface area contributed by atoms with E-state index < -0.39 is 0 Å². The number of likely N-dealkylation sites (N-methyl/N-ethyl adjacent to an activating group) is 1. The number of ether oxygens (including phenoxy) is 1. The van der Waals surface area contributed by atoms with Gasteiger partial charge in [-0.3, -0.25) is 0 Å². The van der Waals surface area contributed by atoms with Gasteiger partial charge in [0.2, 0.25) is 0 Å². The van der Waals surface area contributed by atoms with Crippen LogP contribution in [0.25, 0.3) is 0 Å². The maximum absolute atomic E-state index is 12.4. The van der Waals surface area contributed by atoms with Gasteiger partial charge in [-0.15, -0.1) is 0 Å². The third-order valence-electron chi connectivity index (χ3n) is 6.27. The fourth-order valence-electron chi connectivity index (χ4n) is 4.46. The number of benzene rings is 3. The van der Waals surface area contributed by atoms with Crippen molar-refractivity contribution in [3.05, 3.63) is 83.4 Å². The first kappa shape index (κ1) is 22.7. The van der Waals surface area contributed by atoms with Crippen LogP contribution in [0.1, 0.15) is 55.5 Å². The van der Waals surface area contributed by atoms with Gasteiger partial charge in [0, 0.05) is 29.7 Å². The number of nitrogens with one attached hydrogen (secondary N) is 2. The lowest BCUT2D eigenvalue weighted by Gasteiger charge is -2.28. The molecule has 1 aliphatic rings. The summed E-state index contributed by atoms with van der Waals surface area (Å²) in [5.41, 5.74) is 12.7. The van der Waals surface area contributed by atoms with Gasteiger partial charge >= 0.3 is 6.03 Å². The van der Waals surface area contributed by atoms with E-state index in [1.54, 1.807) is 7.11 Å². The highest BCUT2D eigenvalue weighted by atomic mass is 16.5. The van der Waals surface area contributed by atoms with E-state index in [-0.39, 0.29) is 18.1 Å². The average molecular weight is 445 g/mol. The fraction of sp³-hybridized carbons (Fsp3) is 0.296. The predicted octanol–water partition coefficient (Wildman–Crippen LogP) is 6.04. The second-order valence-electron chi connectivity index (χ2n) is 8.66. The molecule has 3 aromatic rings. The minimum Gasteiger partial charge on any atom is -0.497 e. The maximum atomic E-state index is 12.4. The zero-order valence-electron chi connectivity index (χ0n) is 19.6. The lowest BCUT2D eigenvalue weighted by Crippen LogP contribution is -2.29. The highest BCUT2D eigenvalue weighted by molar-refractivity contribution is 5.99. The predicted molar refractivity (Wildman–Crippen MR) is 135 cm³/mol. The van der Waals surface area contributed by atoms with Crippen molar-refractivity contribution in [3.63, 3.8) is 0 Å². The van der Waals surface area contributed by atoms with Crippen LogP contribution in [-0.2, 0) is 0 Å². The summed E-state index contributed by atoms with van der Waals surface area (Å²) in [5, 5.41) is 5.78. The summed E-state index contributed by atoms with van der Waals surface area (Å²) >= 11 is 0. The summed E-state index contributed by atoms with van der Waals surface area (Å²) in [6.07, 6.45) is 0. The van der Waals surface area contributed by atoms with Gasteiger partial charge in [0.1, 0.15) is 5.75 Å². The first-order valence-corrected chi connectivity index (χ1v) is 11.4. The number of carbonyl (C=O) groups is 1. The molecule has 0 aromatic heterocycles. The quantitative estimate of drug-likeness (QED) is 0.433. The van der Waals surface area contributed by atoms with Crippen LogP contribution in [0.4, 0.5) is 21.9 Å². The number of anilines is 3. The number of hydrogen-bond donors (Lipinski definition) is 3. The molecule has 0 aliphatic carbocycles. The van der Waals surface area contributed by atoms with Gasteiger partial charge in [-0.25, -0.2) is 4.79 Å². The molecule has 6 heteroatoms. The molecule has 4 rings (SSSR count). The van der Waals surface area contributed by atoms with E-state index in [1.807, 2.05) is 60.7 Å². The smallest absolute Gasteiger partial charge is 0.323 e. The number of fused-ring (bicyclic) bond motifs is 1. The van der Waals surface area contributed by atoms with Crippen molar-refractivity contribution in [2.45, 2.75) is 38.8 Å². The number of rotatable bonds is 6. The van der Waals surface area contributed by atoms with Crippen molar-refractivity contribution in [2.75, 3.05) is 29.2 Å². The zero-order chi connectivity index (χ0) is 23.5. The maximum Gasteiger partial charge on any atom is 0.323 e. The van der Waals surface area contributed by atoms with Crippen molar-refractivity contribution in [2.24, 2.45) is 5.73 Å². The SMILES string of the molecule is CCN1c2cc(OC)ccc2C(N)C1c1ccc(NC(=O)Nc2ccc(C(C)C)cc2)cc1. The molecule has 2 unspecified atom stereocenters. The lowest BCUT2D eigenvalue weighted by atomic mass is 9.97. The molecule has 1 aliphatic heterocycles. The fourth-order valence-corrected chi connectivity index (χ4v) is 4.46. The first-order valence-electron chi connectivity index (χ1n) is 11.4. The summed E-state index contributed by atoms with van der Waals surface area (Å²) < 4.78 is 5.41. The third-order valence-corrected chi connectivity index (χ3v) is 6.27. The Morgan fingerprint density at radius 2 is 1.61 bits per heavy atom. The summed E-state index contributed by atoms with van der Waals surface area (Å²) in [6.45, 7) is 7.25. The van der Waals surface area contributed by atoms with E-state index in [0.29, 0.717) is 5.92 Å². The second kappa shape index (κ2) is 9.55. The molecule has 172 valence electrons.